The molecule has 94 valence electrons. The van der Waals surface area contributed by atoms with Crippen LogP contribution in [0, 0.1) is 0 Å². The molecule has 2 N–H and O–H groups in total. The van der Waals surface area contributed by atoms with E-state index in [2.05, 4.69) is 23.7 Å². The summed E-state index contributed by atoms with van der Waals surface area (Å²) in [5.41, 5.74) is 6.30. The number of likely N-dealkylation sites (N-methyl/N-ethyl adjacent to an activating group) is 1. The predicted octanol–water partition coefficient (Wildman–Crippen LogP) is 1.44. The molecule has 0 saturated heterocycles. The number of rotatable bonds is 7. The maximum absolute atomic E-state index is 5.61. The van der Waals surface area contributed by atoms with Crippen molar-refractivity contribution in [2.45, 2.75) is 13.8 Å². The van der Waals surface area contributed by atoms with E-state index in [-0.39, 0.29) is 0 Å². The Balaban J connectivity index is 2.54. The molecule has 0 fully saturated rings. The van der Waals surface area contributed by atoms with Crippen LogP contribution in [-0.2, 0) is 0 Å². The van der Waals surface area contributed by atoms with E-state index >= 15 is 0 Å². The average Bonchev–Trinajstić information content (AvgIpc) is 2.35. The van der Waals surface area contributed by atoms with Crippen LogP contribution in [0.3, 0.4) is 0 Å². The second-order valence-electron chi connectivity index (χ2n) is 3.60. The molecule has 1 heterocycles. The highest BCUT2D eigenvalue weighted by Gasteiger charge is 2.07. The van der Waals surface area contributed by atoms with E-state index in [0.29, 0.717) is 23.0 Å². The molecule has 0 radical (unpaired) electrons. The van der Waals surface area contributed by atoms with Gasteiger partial charge in [-0.1, -0.05) is 26.1 Å². The summed E-state index contributed by atoms with van der Waals surface area (Å²) < 4.78 is 5.61. The van der Waals surface area contributed by atoms with Crippen molar-refractivity contribution in [1.29, 1.82) is 0 Å². The number of pyridine rings is 1. The lowest BCUT2D eigenvalue weighted by Crippen LogP contribution is -2.28. The summed E-state index contributed by atoms with van der Waals surface area (Å²) >= 11 is 4.94. The molecule has 4 nitrogen and oxygen atoms in total. The maximum atomic E-state index is 5.61. The largest absolute Gasteiger partial charge is 0.476 e. The zero-order chi connectivity index (χ0) is 12.7. The Labute approximate surface area is 108 Å². The van der Waals surface area contributed by atoms with Crippen LogP contribution in [0.4, 0.5) is 0 Å². The van der Waals surface area contributed by atoms with Crippen LogP contribution in [0.5, 0.6) is 5.88 Å². The lowest BCUT2D eigenvalue weighted by atomic mass is 10.3. The number of aromatic nitrogens is 1. The van der Waals surface area contributed by atoms with Crippen LogP contribution in [0.1, 0.15) is 19.4 Å². The quantitative estimate of drug-likeness (QED) is 0.745. The number of hydrogen-bond acceptors (Lipinski definition) is 4. The Bertz CT molecular complexity index is 367. The first-order valence-electron chi connectivity index (χ1n) is 5.79. The molecule has 0 bridgehead atoms. The Morgan fingerprint density at radius 2 is 2.18 bits per heavy atom. The minimum atomic E-state index is 0.316. The van der Waals surface area contributed by atoms with Crippen LogP contribution in [0.2, 0.25) is 0 Å². The van der Waals surface area contributed by atoms with E-state index < -0.39 is 0 Å². The van der Waals surface area contributed by atoms with Crippen molar-refractivity contribution in [3.8, 4) is 5.88 Å². The molecule has 0 saturated carbocycles. The highest BCUT2D eigenvalue weighted by atomic mass is 32.1. The molecule has 1 rings (SSSR count). The predicted molar refractivity (Wildman–Crippen MR) is 73.4 cm³/mol. The van der Waals surface area contributed by atoms with E-state index in [1.165, 1.54) is 0 Å². The van der Waals surface area contributed by atoms with Crippen molar-refractivity contribution in [3.05, 3.63) is 23.9 Å². The molecule has 1 aromatic heterocycles. The van der Waals surface area contributed by atoms with Gasteiger partial charge in [-0.05, 0) is 25.2 Å². The van der Waals surface area contributed by atoms with Crippen molar-refractivity contribution in [3.63, 3.8) is 0 Å². The fourth-order valence-electron chi connectivity index (χ4n) is 1.50. The number of ether oxygens (including phenoxy) is 1. The third-order valence-electron chi connectivity index (χ3n) is 2.58. The minimum absolute atomic E-state index is 0.316. The van der Waals surface area contributed by atoms with Gasteiger partial charge in [-0.25, -0.2) is 4.98 Å². The van der Waals surface area contributed by atoms with Crippen LogP contribution in [-0.4, -0.2) is 41.1 Å². The molecule has 1 aromatic rings. The first kappa shape index (κ1) is 13.9. The minimum Gasteiger partial charge on any atom is -0.476 e. The molecule has 0 unspecified atom stereocenters. The highest BCUT2D eigenvalue weighted by molar-refractivity contribution is 7.80. The summed E-state index contributed by atoms with van der Waals surface area (Å²) in [5.74, 6) is 0.521. The first-order chi connectivity index (χ1) is 8.19. The molecule has 0 aliphatic rings. The zero-order valence-corrected chi connectivity index (χ0v) is 11.2. The van der Waals surface area contributed by atoms with Gasteiger partial charge in [0.1, 0.15) is 11.6 Å². The first-order valence-corrected chi connectivity index (χ1v) is 6.19. The number of thiocarbonyl (C=S) groups is 1. The van der Waals surface area contributed by atoms with Gasteiger partial charge in [0.2, 0.25) is 5.88 Å². The Morgan fingerprint density at radius 3 is 2.76 bits per heavy atom. The van der Waals surface area contributed by atoms with Crippen molar-refractivity contribution in [2.24, 2.45) is 5.73 Å². The van der Waals surface area contributed by atoms with Gasteiger partial charge in [0.05, 0.1) is 5.56 Å². The number of hydrogen-bond donors (Lipinski definition) is 1. The van der Waals surface area contributed by atoms with Gasteiger partial charge in [0, 0.05) is 12.7 Å². The Kier molecular flexibility index (Phi) is 5.86. The van der Waals surface area contributed by atoms with Crippen LogP contribution in [0.25, 0.3) is 0 Å². The van der Waals surface area contributed by atoms with E-state index in [4.69, 9.17) is 22.7 Å². The van der Waals surface area contributed by atoms with Crippen molar-refractivity contribution in [2.75, 3.05) is 26.2 Å². The van der Waals surface area contributed by atoms with Crippen LogP contribution < -0.4 is 10.5 Å². The number of nitrogens with zero attached hydrogens (tertiary/aromatic N) is 2. The fraction of sp³-hybridized carbons (Fsp3) is 0.500. The summed E-state index contributed by atoms with van der Waals surface area (Å²) in [7, 11) is 0. The molecular weight excluding hydrogens is 234 g/mol. The number of nitrogens with two attached hydrogens (primary N) is 1. The van der Waals surface area contributed by atoms with Gasteiger partial charge in [0.15, 0.2) is 0 Å². The third-order valence-corrected chi connectivity index (χ3v) is 2.80. The monoisotopic (exact) mass is 253 g/mol. The molecule has 17 heavy (non-hydrogen) atoms. The second-order valence-corrected chi connectivity index (χ2v) is 4.04. The standard InChI is InChI=1S/C12H19N3OS/c1-3-15(4-2)8-9-16-12-10(11(13)17)6-5-7-14-12/h5-7H,3-4,8-9H2,1-2H3,(H2,13,17). The van der Waals surface area contributed by atoms with Crippen LogP contribution >= 0.6 is 12.2 Å². The van der Waals surface area contributed by atoms with Gasteiger partial charge >= 0.3 is 0 Å². The smallest absolute Gasteiger partial charge is 0.223 e. The molecule has 0 aromatic carbocycles. The molecule has 5 heteroatoms. The summed E-state index contributed by atoms with van der Waals surface area (Å²) in [5, 5.41) is 0. The van der Waals surface area contributed by atoms with Crippen molar-refractivity contribution in [1.82, 2.24) is 9.88 Å². The second kappa shape index (κ2) is 7.19. The summed E-state index contributed by atoms with van der Waals surface area (Å²) in [6.07, 6.45) is 1.68. The Hall–Kier alpha value is -1.20. The maximum Gasteiger partial charge on any atom is 0.223 e. The van der Waals surface area contributed by atoms with E-state index in [1.54, 1.807) is 12.3 Å². The molecular formula is C12H19N3OS. The topological polar surface area (TPSA) is 51.4 Å². The fourth-order valence-corrected chi connectivity index (χ4v) is 1.66. The lowest BCUT2D eigenvalue weighted by molar-refractivity contribution is 0.217. The summed E-state index contributed by atoms with van der Waals surface area (Å²) in [4.78, 5) is 6.74. The summed E-state index contributed by atoms with van der Waals surface area (Å²) in [6, 6.07) is 3.62. The normalized spacial score (nSPS) is 10.5. The zero-order valence-electron chi connectivity index (χ0n) is 10.3. The Morgan fingerprint density at radius 1 is 1.47 bits per heavy atom. The van der Waals surface area contributed by atoms with E-state index in [1.807, 2.05) is 6.07 Å². The van der Waals surface area contributed by atoms with E-state index in [0.717, 1.165) is 19.6 Å². The molecule has 0 atom stereocenters. The summed E-state index contributed by atoms with van der Waals surface area (Å²) in [6.45, 7) is 7.76. The highest BCUT2D eigenvalue weighted by Crippen LogP contribution is 2.13. The van der Waals surface area contributed by atoms with Gasteiger partial charge in [-0.3, -0.25) is 0 Å². The lowest BCUT2D eigenvalue weighted by Gasteiger charge is -2.18. The molecule has 0 aliphatic heterocycles. The van der Waals surface area contributed by atoms with Gasteiger partial charge in [0.25, 0.3) is 0 Å². The molecule has 0 spiro atoms. The van der Waals surface area contributed by atoms with E-state index in [9.17, 15) is 0 Å². The van der Waals surface area contributed by atoms with Crippen molar-refractivity contribution >= 4 is 17.2 Å². The van der Waals surface area contributed by atoms with Gasteiger partial charge < -0.3 is 15.4 Å². The molecule has 0 aliphatic carbocycles. The third kappa shape index (κ3) is 4.28. The SMILES string of the molecule is CCN(CC)CCOc1ncccc1C(N)=S. The van der Waals surface area contributed by atoms with Crippen molar-refractivity contribution < 1.29 is 4.74 Å². The van der Waals surface area contributed by atoms with Crippen LogP contribution in [0.15, 0.2) is 18.3 Å². The molecule has 0 amide bonds. The average molecular weight is 253 g/mol. The van der Waals surface area contributed by atoms with Gasteiger partial charge in [-0.15, -0.1) is 0 Å². The van der Waals surface area contributed by atoms with Gasteiger partial charge in [-0.2, -0.15) is 0 Å².